The van der Waals surface area contributed by atoms with Gasteiger partial charge in [-0.25, -0.2) is 4.39 Å². The third-order valence-electron chi connectivity index (χ3n) is 3.35. The highest BCUT2D eigenvalue weighted by Gasteiger charge is 2.20. The summed E-state index contributed by atoms with van der Waals surface area (Å²) in [6.07, 6.45) is 0. The summed E-state index contributed by atoms with van der Waals surface area (Å²) in [5.41, 5.74) is 1.92. The topological polar surface area (TPSA) is 25.2 Å². The summed E-state index contributed by atoms with van der Waals surface area (Å²) in [5.74, 6) is 0.566. The average Bonchev–Trinajstić information content (AvgIpc) is 2.99. The fourth-order valence-electron chi connectivity index (χ4n) is 2.35. The van der Waals surface area contributed by atoms with Crippen molar-refractivity contribution in [2.24, 2.45) is 0 Å². The highest BCUT2D eigenvalue weighted by Crippen LogP contribution is 2.36. The third kappa shape index (κ3) is 2.91. The molecule has 21 heavy (non-hydrogen) atoms. The van der Waals surface area contributed by atoms with E-state index in [1.54, 1.807) is 17.4 Å². The Hall–Kier alpha value is -1.17. The van der Waals surface area contributed by atoms with Crippen LogP contribution in [0.15, 0.2) is 38.5 Å². The van der Waals surface area contributed by atoms with E-state index in [1.165, 1.54) is 22.6 Å². The summed E-state index contributed by atoms with van der Waals surface area (Å²) in [4.78, 5) is 1.18. The van der Waals surface area contributed by atoms with Crippen LogP contribution in [0.25, 0.3) is 11.0 Å². The number of benzene rings is 1. The minimum atomic E-state index is -0.246. The van der Waals surface area contributed by atoms with E-state index in [0.29, 0.717) is 5.58 Å². The molecule has 1 aromatic carbocycles. The lowest BCUT2D eigenvalue weighted by atomic mass is 10.1. The van der Waals surface area contributed by atoms with E-state index >= 15 is 0 Å². The Bertz CT molecular complexity index is 760. The van der Waals surface area contributed by atoms with Crippen molar-refractivity contribution in [2.75, 3.05) is 6.54 Å². The molecule has 1 N–H and O–H groups in total. The molecule has 110 valence electrons. The molecule has 0 aliphatic carbocycles. The second-order valence-electron chi connectivity index (χ2n) is 4.93. The first kappa shape index (κ1) is 14.8. The van der Waals surface area contributed by atoms with Crippen LogP contribution >= 0.6 is 27.3 Å². The fraction of sp³-hybridized carbons (Fsp3) is 0.250. The molecule has 0 spiro atoms. The number of halogens is 2. The van der Waals surface area contributed by atoms with Crippen molar-refractivity contribution in [3.05, 3.63) is 56.1 Å². The van der Waals surface area contributed by atoms with Crippen molar-refractivity contribution in [2.45, 2.75) is 19.9 Å². The Morgan fingerprint density at radius 3 is 2.81 bits per heavy atom. The number of aryl methyl sites for hydroxylation is 1. The van der Waals surface area contributed by atoms with Crippen molar-refractivity contribution in [1.82, 2.24) is 5.32 Å². The molecule has 5 heteroatoms. The second kappa shape index (κ2) is 5.91. The van der Waals surface area contributed by atoms with E-state index in [-0.39, 0.29) is 11.9 Å². The molecular weight excluding hydrogens is 353 g/mol. The number of furan rings is 1. The van der Waals surface area contributed by atoms with E-state index in [1.807, 2.05) is 6.07 Å². The number of hydrogen-bond acceptors (Lipinski definition) is 3. The van der Waals surface area contributed by atoms with Crippen LogP contribution in [0.5, 0.6) is 0 Å². The number of hydrogen-bond donors (Lipinski definition) is 1. The van der Waals surface area contributed by atoms with Crippen molar-refractivity contribution < 1.29 is 8.81 Å². The molecular formula is C16H15BrFNOS. The normalized spacial score (nSPS) is 13.0. The van der Waals surface area contributed by atoms with E-state index in [4.69, 9.17) is 4.42 Å². The summed E-state index contributed by atoms with van der Waals surface area (Å²) in [6.45, 7) is 4.95. The lowest BCUT2D eigenvalue weighted by Crippen LogP contribution is -2.20. The molecule has 0 aliphatic rings. The molecule has 3 rings (SSSR count). The molecule has 0 fully saturated rings. The van der Waals surface area contributed by atoms with E-state index in [0.717, 1.165) is 21.5 Å². The smallest absolute Gasteiger partial charge is 0.134 e. The zero-order chi connectivity index (χ0) is 15.0. The van der Waals surface area contributed by atoms with Crippen LogP contribution in [0, 0.1) is 12.7 Å². The average molecular weight is 368 g/mol. The first-order chi connectivity index (χ1) is 10.1. The van der Waals surface area contributed by atoms with Gasteiger partial charge in [-0.3, -0.25) is 0 Å². The summed E-state index contributed by atoms with van der Waals surface area (Å²) in [6, 6.07) is 8.64. The Morgan fingerprint density at radius 2 is 2.14 bits per heavy atom. The van der Waals surface area contributed by atoms with Crippen molar-refractivity contribution in [3.8, 4) is 0 Å². The first-order valence-electron chi connectivity index (χ1n) is 6.76. The predicted molar refractivity (Wildman–Crippen MR) is 88.4 cm³/mol. The Morgan fingerprint density at radius 1 is 1.33 bits per heavy atom. The van der Waals surface area contributed by atoms with Gasteiger partial charge in [0.25, 0.3) is 0 Å². The van der Waals surface area contributed by atoms with E-state index in [2.05, 4.69) is 41.2 Å². The van der Waals surface area contributed by atoms with Crippen LogP contribution in [0.3, 0.4) is 0 Å². The lowest BCUT2D eigenvalue weighted by Gasteiger charge is -2.13. The van der Waals surface area contributed by atoms with Gasteiger partial charge in [-0.05, 0) is 65.3 Å². The summed E-state index contributed by atoms with van der Waals surface area (Å²) < 4.78 is 20.3. The van der Waals surface area contributed by atoms with Crippen LogP contribution in [0.4, 0.5) is 4.39 Å². The molecule has 1 atom stereocenters. The maximum Gasteiger partial charge on any atom is 0.134 e. The molecule has 2 aromatic heterocycles. The van der Waals surface area contributed by atoms with Gasteiger partial charge in [0, 0.05) is 10.3 Å². The first-order valence-corrected chi connectivity index (χ1v) is 8.37. The molecule has 0 amide bonds. The van der Waals surface area contributed by atoms with Crippen LogP contribution in [-0.4, -0.2) is 6.54 Å². The van der Waals surface area contributed by atoms with E-state index in [9.17, 15) is 4.39 Å². The maximum absolute atomic E-state index is 13.3. The van der Waals surface area contributed by atoms with Gasteiger partial charge >= 0.3 is 0 Å². The number of thiophene rings is 1. The van der Waals surface area contributed by atoms with Gasteiger partial charge in [-0.1, -0.05) is 6.92 Å². The van der Waals surface area contributed by atoms with Gasteiger partial charge in [0.15, 0.2) is 0 Å². The highest BCUT2D eigenvalue weighted by molar-refractivity contribution is 9.11. The maximum atomic E-state index is 13.3. The molecule has 2 nitrogen and oxygen atoms in total. The van der Waals surface area contributed by atoms with Gasteiger partial charge in [-0.2, -0.15) is 0 Å². The zero-order valence-corrected chi connectivity index (χ0v) is 14.1. The van der Waals surface area contributed by atoms with Gasteiger partial charge in [-0.15, -0.1) is 11.3 Å². The lowest BCUT2D eigenvalue weighted by molar-refractivity contribution is 0.480. The van der Waals surface area contributed by atoms with E-state index < -0.39 is 0 Å². The highest BCUT2D eigenvalue weighted by atomic mass is 79.9. The number of fused-ring (bicyclic) bond motifs is 1. The summed E-state index contributed by atoms with van der Waals surface area (Å²) in [7, 11) is 0. The molecule has 2 heterocycles. The van der Waals surface area contributed by atoms with Gasteiger partial charge < -0.3 is 9.73 Å². The minimum Gasteiger partial charge on any atom is -0.459 e. The number of rotatable bonds is 4. The summed E-state index contributed by atoms with van der Waals surface area (Å²) in [5, 5.41) is 4.23. The Balaban J connectivity index is 2.06. The largest absolute Gasteiger partial charge is 0.459 e. The monoisotopic (exact) mass is 367 g/mol. The second-order valence-corrected chi connectivity index (χ2v) is 7.33. The van der Waals surface area contributed by atoms with Crippen LogP contribution in [0.1, 0.15) is 29.2 Å². The van der Waals surface area contributed by atoms with Crippen molar-refractivity contribution in [1.29, 1.82) is 0 Å². The zero-order valence-electron chi connectivity index (χ0n) is 11.7. The molecule has 0 aliphatic heterocycles. The standard InChI is InChI=1S/C16H15BrFNOS/c1-3-19-15(14-6-9(2)16(17)21-14)13-8-10-7-11(18)4-5-12(10)20-13/h4-8,15,19H,3H2,1-2H3. The molecule has 0 saturated heterocycles. The van der Waals surface area contributed by atoms with Crippen LogP contribution in [0.2, 0.25) is 0 Å². The molecule has 3 aromatic rings. The molecule has 1 unspecified atom stereocenters. The Labute approximate surface area is 135 Å². The van der Waals surface area contributed by atoms with Crippen molar-refractivity contribution in [3.63, 3.8) is 0 Å². The minimum absolute atomic E-state index is 0.0135. The predicted octanol–water partition coefficient (Wildman–Crippen LogP) is 5.40. The number of nitrogens with one attached hydrogen (secondary N) is 1. The van der Waals surface area contributed by atoms with Crippen LogP contribution < -0.4 is 5.32 Å². The Kier molecular flexibility index (Phi) is 4.15. The molecule has 0 bridgehead atoms. The molecule has 0 radical (unpaired) electrons. The van der Waals surface area contributed by atoms with Gasteiger partial charge in [0.1, 0.15) is 23.2 Å². The summed E-state index contributed by atoms with van der Waals surface area (Å²) >= 11 is 5.25. The third-order valence-corrected chi connectivity index (χ3v) is 5.55. The fourth-order valence-corrected chi connectivity index (χ4v) is 4.00. The quantitative estimate of drug-likeness (QED) is 0.667. The molecule has 0 saturated carbocycles. The van der Waals surface area contributed by atoms with Gasteiger partial charge in [0.05, 0.1) is 3.79 Å². The van der Waals surface area contributed by atoms with Crippen molar-refractivity contribution >= 4 is 38.2 Å². The van der Waals surface area contributed by atoms with Crippen LogP contribution in [-0.2, 0) is 0 Å². The van der Waals surface area contributed by atoms with Gasteiger partial charge in [0.2, 0.25) is 0 Å². The SMILES string of the molecule is CCNC(c1cc2cc(F)ccc2o1)c1cc(C)c(Br)s1.